The second kappa shape index (κ2) is 9.18. The molecule has 0 radical (unpaired) electrons. The summed E-state index contributed by atoms with van der Waals surface area (Å²) in [5.74, 6) is 0.463. The molecule has 2 rings (SSSR count). The molecule has 8 heteroatoms. The van der Waals surface area contributed by atoms with E-state index in [4.69, 9.17) is 4.42 Å². The minimum absolute atomic E-state index is 0.0715. The zero-order valence-electron chi connectivity index (χ0n) is 16.1. The molecule has 0 saturated heterocycles. The monoisotopic (exact) mass is 374 g/mol. The lowest BCUT2D eigenvalue weighted by Gasteiger charge is -2.28. The topological polar surface area (TPSA) is 89.5 Å². The third-order valence-electron chi connectivity index (χ3n) is 4.48. The molecular weight excluding hydrogens is 348 g/mol. The zero-order chi connectivity index (χ0) is 20.0. The Morgan fingerprint density at radius 3 is 2.59 bits per heavy atom. The van der Waals surface area contributed by atoms with Gasteiger partial charge in [0.05, 0.1) is 17.9 Å². The van der Waals surface area contributed by atoms with Crippen LogP contribution in [0.3, 0.4) is 0 Å². The molecule has 0 saturated carbocycles. The summed E-state index contributed by atoms with van der Waals surface area (Å²) in [4.78, 5) is 38.2. The van der Waals surface area contributed by atoms with E-state index in [1.807, 2.05) is 12.1 Å². The minimum atomic E-state index is -0.446. The van der Waals surface area contributed by atoms with Gasteiger partial charge in [0, 0.05) is 32.9 Å². The molecule has 8 nitrogen and oxygen atoms in total. The van der Waals surface area contributed by atoms with Crippen LogP contribution in [0.25, 0.3) is 6.08 Å². The van der Waals surface area contributed by atoms with E-state index < -0.39 is 11.2 Å². The molecule has 0 aliphatic carbocycles. The summed E-state index contributed by atoms with van der Waals surface area (Å²) in [6, 6.07) is 3.64. The number of aryl methyl sites for hydroxylation is 1. The first-order valence-electron chi connectivity index (χ1n) is 8.89. The van der Waals surface area contributed by atoms with Gasteiger partial charge in [-0.3, -0.25) is 19.1 Å². The van der Waals surface area contributed by atoms with Crippen molar-refractivity contribution in [3.05, 3.63) is 62.8 Å². The fourth-order valence-electron chi connectivity index (χ4n) is 2.93. The maximum absolute atomic E-state index is 12.2. The first-order valence-corrected chi connectivity index (χ1v) is 8.89. The van der Waals surface area contributed by atoms with Crippen LogP contribution in [0.5, 0.6) is 0 Å². The van der Waals surface area contributed by atoms with E-state index in [0.717, 1.165) is 23.4 Å². The highest BCUT2D eigenvalue weighted by Gasteiger charge is 2.20. The van der Waals surface area contributed by atoms with Crippen molar-refractivity contribution >= 4 is 12.0 Å². The van der Waals surface area contributed by atoms with Gasteiger partial charge < -0.3 is 14.3 Å². The van der Waals surface area contributed by atoms with Gasteiger partial charge in [-0.15, -0.1) is 0 Å². The Morgan fingerprint density at radius 2 is 2.00 bits per heavy atom. The number of nitrogens with one attached hydrogen (secondary N) is 1. The van der Waals surface area contributed by atoms with Crippen LogP contribution in [0.4, 0.5) is 0 Å². The van der Waals surface area contributed by atoms with Gasteiger partial charge in [0.25, 0.3) is 5.56 Å². The first-order chi connectivity index (χ1) is 12.9. The molecule has 2 heterocycles. The average molecular weight is 374 g/mol. The quantitative estimate of drug-likeness (QED) is 0.693. The molecule has 146 valence electrons. The molecule has 0 aliphatic heterocycles. The molecule has 0 bridgehead atoms. The van der Waals surface area contributed by atoms with Gasteiger partial charge in [-0.25, -0.2) is 4.79 Å². The summed E-state index contributed by atoms with van der Waals surface area (Å²) in [6.07, 6.45) is 5.73. The number of amides is 1. The second-order valence-corrected chi connectivity index (χ2v) is 6.17. The highest BCUT2D eigenvalue weighted by atomic mass is 16.3. The van der Waals surface area contributed by atoms with Crippen molar-refractivity contribution in [1.82, 2.24) is 19.4 Å². The van der Waals surface area contributed by atoms with Crippen LogP contribution in [0, 0.1) is 0 Å². The van der Waals surface area contributed by atoms with Crippen molar-refractivity contribution in [3.63, 3.8) is 0 Å². The van der Waals surface area contributed by atoms with E-state index >= 15 is 0 Å². The summed E-state index contributed by atoms with van der Waals surface area (Å²) in [5.41, 5.74) is -0.595. The lowest BCUT2D eigenvalue weighted by molar-refractivity contribution is -0.116. The number of likely N-dealkylation sites (N-methyl/N-ethyl adjacent to an activating group) is 1. The molecular formula is C19H26N4O4. The Kier molecular flexibility index (Phi) is 6.95. The Balaban J connectivity index is 2.10. The van der Waals surface area contributed by atoms with Gasteiger partial charge in [-0.2, -0.15) is 0 Å². The Bertz CT molecular complexity index is 905. The smallest absolute Gasteiger partial charge is 0.330 e. The van der Waals surface area contributed by atoms with Crippen LogP contribution in [-0.4, -0.2) is 39.6 Å². The molecule has 0 aliphatic rings. The number of furan rings is 1. The molecule has 1 atom stereocenters. The van der Waals surface area contributed by atoms with E-state index in [1.54, 1.807) is 13.3 Å². The number of carbonyl (C=O) groups excluding carboxylic acids is 1. The van der Waals surface area contributed by atoms with Gasteiger partial charge in [-0.05, 0) is 31.3 Å². The summed E-state index contributed by atoms with van der Waals surface area (Å²) >= 11 is 0. The van der Waals surface area contributed by atoms with Crippen molar-refractivity contribution in [2.45, 2.75) is 19.9 Å². The number of hydrogen-bond acceptors (Lipinski definition) is 5. The predicted octanol–water partition coefficient (Wildman–Crippen LogP) is 0.890. The van der Waals surface area contributed by atoms with E-state index in [0.29, 0.717) is 6.54 Å². The summed E-state index contributed by atoms with van der Waals surface area (Å²) < 4.78 is 7.81. The fraction of sp³-hybridized carbons (Fsp3) is 0.421. The van der Waals surface area contributed by atoms with E-state index in [1.165, 1.54) is 30.0 Å². The van der Waals surface area contributed by atoms with Gasteiger partial charge in [0.2, 0.25) is 5.91 Å². The molecule has 1 N–H and O–H groups in total. The predicted molar refractivity (Wildman–Crippen MR) is 103 cm³/mol. The van der Waals surface area contributed by atoms with Crippen LogP contribution in [0.2, 0.25) is 0 Å². The number of aromatic nitrogens is 2. The minimum Gasteiger partial charge on any atom is -0.468 e. The first kappa shape index (κ1) is 20.4. The molecule has 27 heavy (non-hydrogen) atoms. The van der Waals surface area contributed by atoms with Crippen molar-refractivity contribution < 1.29 is 9.21 Å². The average Bonchev–Trinajstić information content (AvgIpc) is 3.19. The van der Waals surface area contributed by atoms with Gasteiger partial charge in [0.1, 0.15) is 5.76 Å². The number of nitrogens with zero attached hydrogens (tertiary/aromatic N) is 3. The molecule has 0 fully saturated rings. The van der Waals surface area contributed by atoms with Gasteiger partial charge >= 0.3 is 5.69 Å². The van der Waals surface area contributed by atoms with E-state index in [-0.39, 0.29) is 17.5 Å². The second-order valence-electron chi connectivity index (χ2n) is 6.17. The van der Waals surface area contributed by atoms with Crippen LogP contribution in [0.15, 0.2) is 44.7 Å². The highest BCUT2D eigenvalue weighted by Crippen LogP contribution is 2.20. The standard InChI is InChI=1S/C19H26N4O4/c1-5-23(6-2)15(16-8-7-11-27-16)12-20-17(24)10-9-14-13-21(3)19(26)22(4)18(14)25/h7-11,13,15H,5-6,12H2,1-4H3,(H,20,24)/b10-9+. The van der Waals surface area contributed by atoms with E-state index in [9.17, 15) is 14.4 Å². The van der Waals surface area contributed by atoms with Crippen molar-refractivity contribution in [2.75, 3.05) is 19.6 Å². The maximum Gasteiger partial charge on any atom is 0.330 e. The lowest BCUT2D eigenvalue weighted by Crippen LogP contribution is -2.38. The van der Waals surface area contributed by atoms with Crippen molar-refractivity contribution in [3.8, 4) is 0 Å². The highest BCUT2D eigenvalue weighted by molar-refractivity contribution is 5.91. The van der Waals surface area contributed by atoms with Crippen LogP contribution in [0.1, 0.15) is 31.2 Å². The van der Waals surface area contributed by atoms with Crippen LogP contribution < -0.4 is 16.6 Å². The molecule has 1 unspecified atom stereocenters. The summed E-state index contributed by atoms with van der Waals surface area (Å²) in [6.45, 7) is 6.13. The molecule has 0 aromatic carbocycles. The largest absolute Gasteiger partial charge is 0.468 e. The molecule has 1 amide bonds. The number of hydrogen-bond donors (Lipinski definition) is 1. The van der Waals surface area contributed by atoms with E-state index in [2.05, 4.69) is 24.1 Å². The van der Waals surface area contributed by atoms with Crippen LogP contribution >= 0.6 is 0 Å². The molecule has 2 aromatic rings. The van der Waals surface area contributed by atoms with Crippen molar-refractivity contribution in [2.24, 2.45) is 14.1 Å². The fourth-order valence-corrected chi connectivity index (χ4v) is 2.93. The normalized spacial score (nSPS) is 12.6. The third-order valence-corrected chi connectivity index (χ3v) is 4.48. The van der Waals surface area contributed by atoms with Crippen molar-refractivity contribution in [1.29, 1.82) is 0 Å². The molecule has 2 aromatic heterocycles. The Morgan fingerprint density at radius 1 is 1.30 bits per heavy atom. The lowest BCUT2D eigenvalue weighted by atomic mass is 10.2. The number of carbonyl (C=O) groups is 1. The summed E-state index contributed by atoms with van der Waals surface area (Å²) in [5, 5.41) is 2.85. The molecule has 0 spiro atoms. The maximum atomic E-state index is 12.2. The van der Waals surface area contributed by atoms with Crippen LogP contribution in [-0.2, 0) is 18.9 Å². The van der Waals surface area contributed by atoms with Gasteiger partial charge in [-0.1, -0.05) is 13.8 Å². The third kappa shape index (κ3) is 4.85. The zero-order valence-corrected chi connectivity index (χ0v) is 16.1. The Labute approximate surface area is 157 Å². The number of rotatable bonds is 8. The summed E-state index contributed by atoms with van der Waals surface area (Å²) in [7, 11) is 2.96. The Hall–Kier alpha value is -2.87. The van der Waals surface area contributed by atoms with Gasteiger partial charge in [0.15, 0.2) is 0 Å². The SMILES string of the molecule is CCN(CC)C(CNC(=O)/C=C/c1cn(C)c(=O)n(C)c1=O)c1ccco1.